The molecular weight excluding hydrogens is 414 g/mol. The second-order valence-electron chi connectivity index (χ2n) is 10.7. The lowest BCUT2D eigenvalue weighted by atomic mass is 9.40. The van der Waals surface area contributed by atoms with Gasteiger partial charge >= 0.3 is 11.9 Å². The van der Waals surface area contributed by atoms with Crippen LogP contribution in [-0.2, 0) is 14.4 Å². The summed E-state index contributed by atoms with van der Waals surface area (Å²) in [5.41, 5.74) is -2.45. The molecule has 4 aliphatic carbocycles. The van der Waals surface area contributed by atoms with Crippen LogP contribution in [0.25, 0.3) is 0 Å². The Hall–Kier alpha value is -2.24. The van der Waals surface area contributed by atoms with Crippen molar-refractivity contribution in [1.29, 1.82) is 5.26 Å². The molecule has 4 aliphatic rings. The van der Waals surface area contributed by atoms with E-state index in [0.717, 1.165) is 0 Å². The van der Waals surface area contributed by atoms with Gasteiger partial charge < -0.3 is 20.4 Å². The number of carboxylic acid groups (broad SMARTS) is 2. The number of allylic oxidation sites excluding steroid dienone is 1. The standard InChI is InChI=1S/C24H31NO7/c1-4-24(32)6-5-13-16-11(10-25)7-12-8-14(26)17(20(28)29)19(21(30)31)23(12,3)18(16)15(27)9-22(13,24)2/h8,11,13,15-19,27,32H,4-7,9H2,1-3H3,(H,28,29)(H,30,31)/t11-,13-,15+,16-,17?,18-,19?,22-,23-,24-/m0/s1. The van der Waals surface area contributed by atoms with Crippen LogP contribution in [0.2, 0.25) is 0 Å². The van der Waals surface area contributed by atoms with Crippen molar-refractivity contribution < 1.29 is 34.8 Å². The lowest BCUT2D eigenvalue weighted by Gasteiger charge is -2.63. The van der Waals surface area contributed by atoms with Gasteiger partial charge in [0, 0.05) is 10.8 Å². The monoisotopic (exact) mass is 445 g/mol. The minimum Gasteiger partial charge on any atom is -0.481 e. The zero-order valence-corrected chi connectivity index (χ0v) is 18.6. The van der Waals surface area contributed by atoms with Gasteiger partial charge in [-0.25, -0.2) is 0 Å². The van der Waals surface area contributed by atoms with Crippen molar-refractivity contribution in [2.45, 2.75) is 64.6 Å². The van der Waals surface area contributed by atoms with Crippen molar-refractivity contribution in [3.8, 4) is 6.07 Å². The summed E-state index contributed by atoms with van der Waals surface area (Å²) in [6, 6.07) is 2.33. The number of carbonyl (C=O) groups excluding carboxylic acids is 1. The number of ketones is 1. The quantitative estimate of drug-likeness (QED) is 0.481. The number of aliphatic hydroxyl groups is 2. The van der Waals surface area contributed by atoms with E-state index in [1.54, 1.807) is 6.92 Å². The summed E-state index contributed by atoms with van der Waals surface area (Å²) in [5, 5.41) is 52.7. The summed E-state index contributed by atoms with van der Waals surface area (Å²) in [6.45, 7) is 5.51. The van der Waals surface area contributed by atoms with Crippen LogP contribution in [0, 0.1) is 57.7 Å². The largest absolute Gasteiger partial charge is 0.481 e. The Labute approximate surface area is 186 Å². The molecule has 8 nitrogen and oxygen atoms in total. The fourth-order valence-corrected chi connectivity index (χ4v) is 8.28. The second-order valence-corrected chi connectivity index (χ2v) is 10.7. The highest BCUT2D eigenvalue weighted by molar-refractivity contribution is 6.09. The molecule has 0 saturated heterocycles. The maximum absolute atomic E-state index is 12.6. The highest BCUT2D eigenvalue weighted by Crippen LogP contribution is 2.70. The van der Waals surface area contributed by atoms with E-state index in [4.69, 9.17) is 0 Å². The molecular formula is C24H31NO7. The number of aliphatic carboxylic acids is 2. The smallest absolute Gasteiger partial charge is 0.315 e. The van der Waals surface area contributed by atoms with E-state index in [2.05, 4.69) is 6.07 Å². The van der Waals surface area contributed by atoms with E-state index in [9.17, 15) is 40.1 Å². The summed E-state index contributed by atoms with van der Waals surface area (Å²) in [4.78, 5) is 37.0. The lowest BCUT2D eigenvalue weighted by molar-refractivity contribution is -0.196. The maximum Gasteiger partial charge on any atom is 0.315 e. The molecule has 3 fully saturated rings. The summed E-state index contributed by atoms with van der Waals surface area (Å²) in [6.07, 6.45) is 2.29. The first-order valence-electron chi connectivity index (χ1n) is 11.4. The van der Waals surface area contributed by atoms with Crippen LogP contribution in [0.1, 0.15) is 52.9 Å². The average Bonchev–Trinajstić information content (AvgIpc) is 2.97. The molecule has 4 N–H and O–H groups in total. The van der Waals surface area contributed by atoms with Crippen molar-refractivity contribution >= 4 is 17.7 Å². The first kappa shape index (κ1) is 22.9. The molecule has 0 aromatic heterocycles. The summed E-state index contributed by atoms with van der Waals surface area (Å²) in [5.74, 6) is -8.69. The number of nitrogens with zero attached hydrogens (tertiary/aromatic N) is 1. The molecule has 8 heteroatoms. The molecule has 0 aliphatic heterocycles. The molecule has 0 radical (unpaired) electrons. The van der Waals surface area contributed by atoms with Crippen LogP contribution in [0.5, 0.6) is 0 Å². The van der Waals surface area contributed by atoms with Gasteiger partial charge in [0.15, 0.2) is 5.78 Å². The van der Waals surface area contributed by atoms with Gasteiger partial charge in [0.25, 0.3) is 0 Å². The average molecular weight is 446 g/mol. The number of carboxylic acids is 2. The van der Waals surface area contributed by atoms with Gasteiger partial charge in [-0.1, -0.05) is 26.3 Å². The third kappa shape index (κ3) is 2.64. The third-order valence-electron chi connectivity index (χ3n) is 9.85. The molecule has 0 bridgehead atoms. The molecule has 0 aromatic carbocycles. The highest BCUT2D eigenvalue weighted by atomic mass is 16.4. The lowest BCUT2D eigenvalue weighted by Crippen LogP contribution is -2.65. The van der Waals surface area contributed by atoms with Gasteiger partial charge in [-0.15, -0.1) is 0 Å². The fourth-order valence-electron chi connectivity index (χ4n) is 8.28. The number of hydrogen-bond acceptors (Lipinski definition) is 6. The number of aliphatic hydroxyl groups excluding tert-OH is 1. The molecule has 0 spiro atoms. The molecule has 32 heavy (non-hydrogen) atoms. The van der Waals surface area contributed by atoms with Gasteiger partial charge in [-0.3, -0.25) is 14.4 Å². The number of rotatable bonds is 3. The number of fused-ring (bicyclic) bond motifs is 5. The zero-order chi connectivity index (χ0) is 23.8. The Kier molecular flexibility index (Phi) is 5.11. The fraction of sp³-hybridized carbons (Fsp3) is 0.750. The Bertz CT molecular complexity index is 952. The van der Waals surface area contributed by atoms with Gasteiger partial charge in [0.1, 0.15) is 5.92 Å². The third-order valence-corrected chi connectivity index (χ3v) is 9.85. The van der Waals surface area contributed by atoms with E-state index >= 15 is 0 Å². The number of hydrogen-bond donors (Lipinski definition) is 4. The molecule has 0 heterocycles. The number of carbonyl (C=O) groups is 3. The van der Waals surface area contributed by atoms with E-state index < -0.39 is 69.8 Å². The first-order chi connectivity index (χ1) is 14.9. The van der Waals surface area contributed by atoms with Gasteiger partial charge in [0.05, 0.1) is 29.6 Å². The molecule has 4 rings (SSSR count). The Balaban J connectivity index is 1.92. The highest BCUT2D eigenvalue weighted by Gasteiger charge is 2.70. The summed E-state index contributed by atoms with van der Waals surface area (Å²) >= 11 is 0. The van der Waals surface area contributed by atoms with Crippen molar-refractivity contribution in [2.75, 3.05) is 0 Å². The van der Waals surface area contributed by atoms with E-state index in [1.807, 2.05) is 13.8 Å². The molecule has 10 atom stereocenters. The zero-order valence-electron chi connectivity index (χ0n) is 18.6. The SMILES string of the molecule is CC[C@]1(O)CC[C@H]2[C@H]3[C@H]([C@H](O)C[C@@]21C)[C@]1(C)C(=CC(=O)C(C(=O)O)C1C(=O)O)C[C@H]3C#N. The Morgan fingerprint density at radius 2 is 1.91 bits per heavy atom. The van der Waals surface area contributed by atoms with Crippen LogP contribution >= 0.6 is 0 Å². The molecule has 0 amide bonds. The van der Waals surface area contributed by atoms with E-state index in [0.29, 0.717) is 24.8 Å². The molecule has 0 aromatic rings. The van der Waals surface area contributed by atoms with Crippen LogP contribution < -0.4 is 0 Å². The summed E-state index contributed by atoms with van der Waals surface area (Å²) < 4.78 is 0. The molecule has 174 valence electrons. The number of nitriles is 1. The van der Waals surface area contributed by atoms with Gasteiger partial charge in [-0.05, 0) is 55.9 Å². The topological polar surface area (TPSA) is 156 Å². The van der Waals surface area contributed by atoms with Crippen molar-refractivity contribution in [3.63, 3.8) is 0 Å². The van der Waals surface area contributed by atoms with Crippen LogP contribution in [-0.4, -0.2) is 49.9 Å². The van der Waals surface area contributed by atoms with Crippen LogP contribution in [0.15, 0.2) is 11.6 Å². The molecule has 2 unspecified atom stereocenters. The molecule has 3 saturated carbocycles. The Morgan fingerprint density at radius 1 is 1.25 bits per heavy atom. The van der Waals surface area contributed by atoms with Crippen molar-refractivity contribution in [1.82, 2.24) is 0 Å². The maximum atomic E-state index is 12.6. The van der Waals surface area contributed by atoms with Gasteiger partial charge in [-0.2, -0.15) is 5.26 Å². The van der Waals surface area contributed by atoms with E-state index in [1.165, 1.54) is 6.08 Å². The van der Waals surface area contributed by atoms with Crippen LogP contribution in [0.4, 0.5) is 0 Å². The first-order valence-corrected chi connectivity index (χ1v) is 11.4. The summed E-state index contributed by atoms with van der Waals surface area (Å²) in [7, 11) is 0. The van der Waals surface area contributed by atoms with Crippen molar-refractivity contribution in [2.24, 2.45) is 46.3 Å². The van der Waals surface area contributed by atoms with Crippen molar-refractivity contribution in [3.05, 3.63) is 11.6 Å². The van der Waals surface area contributed by atoms with E-state index in [-0.39, 0.29) is 18.8 Å². The predicted octanol–water partition coefficient (Wildman–Crippen LogP) is 2.00. The Morgan fingerprint density at radius 3 is 2.44 bits per heavy atom. The second kappa shape index (κ2) is 7.13. The van der Waals surface area contributed by atoms with Crippen LogP contribution in [0.3, 0.4) is 0 Å². The predicted molar refractivity (Wildman–Crippen MR) is 111 cm³/mol. The normalized spacial score (nSPS) is 49.8. The minimum absolute atomic E-state index is 0.112. The van der Waals surface area contributed by atoms with Gasteiger partial charge in [0.2, 0.25) is 0 Å². The minimum atomic E-state index is -1.74.